The maximum absolute atomic E-state index is 13.8. The summed E-state index contributed by atoms with van der Waals surface area (Å²) in [5.74, 6) is -0.761. The van der Waals surface area contributed by atoms with Crippen molar-refractivity contribution in [2.24, 2.45) is 0 Å². The third kappa shape index (κ3) is 7.66. The van der Waals surface area contributed by atoms with Crippen molar-refractivity contribution in [3.05, 3.63) is 95.0 Å². The summed E-state index contributed by atoms with van der Waals surface area (Å²) in [6.45, 7) is 3.92. The van der Waals surface area contributed by atoms with Gasteiger partial charge in [-0.1, -0.05) is 77.8 Å². The molecule has 0 saturated heterocycles. The van der Waals surface area contributed by atoms with E-state index in [-0.39, 0.29) is 17.3 Å². The van der Waals surface area contributed by atoms with Crippen molar-refractivity contribution < 1.29 is 18.0 Å². The molecule has 0 heterocycles. The standard InChI is InChI=1S/C28H32BrN3O4S/c1-3-4-19-30-28(34)22(2)31(20-23-11-7-5-8-12-23)27(33)21-32(25-17-15-24(29)16-18-25)37(35,36)26-13-9-6-10-14-26/h5-18,22H,3-4,19-21H2,1-2H3,(H,30,34)/t22-/m0/s1. The zero-order valence-corrected chi connectivity index (χ0v) is 23.4. The topological polar surface area (TPSA) is 86.8 Å². The summed E-state index contributed by atoms with van der Waals surface area (Å²) in [4.78, 5) is 28.2. The van der Waals surface area contributed by atoms with Crippen LogP contribution in [0.4, 0.5) is 5.69 Å². The number of unbranched alkanes of at least 4 members (excludes halogenated alkanes) is 1. The largest absolute Gasteiger partial charge is 0.354 e. The highest BCUT2D eigenvalue weighted by molar-refractivity contribution is 9.10. The van der Waals surface area contributed by atoms with E-state index in [0.717, 1.165) is 27.2 Å². The molecule has 2 amide bonds. The van der Waals surface area contributed by atoms with Crippen molar-refractivity contribution in [2.45, 2.75) is 44.2 Å². The van der Waals surface area contributed by atoms with Crippen LogP contribution in [0.1, 0.15) is 32.3 Å². The Kier molecular flexibility index (Phi) is 10.3. The summed E-state index contributed by atoms with van der Waals surface area (Å²) in [6.07, 6.45) is 1.76. The number of benzene rings is 3. The van der Waals surface area contributed by atoms with E-state index in [1.165, 1.54) is 17.0 Å². The minimum atomic E-state index is -4.06. The van der Waals surface area contributed by atoms with Crippen LogP contribution in [0.5, 0.6) is 0 Å². The molecule has 3 aromatic carbocycles. The van der Waals surface area contributed by atoms with Gasteiger partial charge in [0.2, 0.25) is 11.8 Å². The van der Waals surface area contributed by atoms with Crippen LogP contribution in [-0.4, -0.2) is 44.3 Å². The molecule has 0 bridgehead atoms. The summed E-state index contributed by atoms with van der Waals surface area (Å²) in [6, 6.07) is 23.3. The van der Waals surface area contributed by atoms with Crippen molar-refractivity contribution in [1.29, 1.82) is 0 Å². The molecule has 37 heavy (non-hydrogen) atoms. The molecule has 1 N–H and O–H groups in total. The van der Waals surface area contributed by atoms with Crippen LogP contribution in [0, 0.1) is 0 Å². The number of halogens is 1. The highest BCUT2D eigenvalue weighted by Gasteiger charge is 2.32. The molecule has 196 valence electrons. The van der Waals surface area contributed by atoms with Gasteiger partial charge in [0.25, 0.3) is 10.0 Å². The predicted octanol–water partition coefficient (Wildman–Crippen LogP) is 4.98. The quantitative estimate of drug-likeness (QED) is 0.304. The van der Waals surface area contributed by atoms with Gasteiger partial charge in [-0.15, -0.1) is 0 Å². The molecule has 0 aliphatic heterocycles. The van der Waals surface area contributed by atoms with Crippen LogP contribution in [0.2, 0.25) is 0 Å². The van der Waals surface area contributed by atoms with E-state index in [4.69, 9.17) is 0 Å². The molecule has 9 heteroatoms. The fraction of sp³-hybridized carbons (Fsp3) is 0.286. The minimum Gasteiger partial charge on any atom is -0.354 e. The Morgan fingerprint density at radius 3 is 2.11 bits per heavy atom. The summed E-state index contributed by atoms with van der Waals surface area (Å²) in [5, 5.41) is 2.88. The van der Waals surface area contributed by atoms with Gasteiger partial charge in [-0.05, 0) is 55.3 Å². The van der Waals surface area contributed by atoms with Gasteiger partial charge in [0.05, 0.1) is 10.6 Å². The van der Waals surface area contributed by atoms with E-state index >= 15 is 0 Å². The molecule has 0 aliphatic carbocycles. The van der Waals surface area contributed by atoms with Gasteiger partial charge in [-0.2, -0.15) is 0 Å². The minimum absolute atomic E-state index is 0.0747. The van der Waals surface area contributed by atoms with Crippen LogP contribution in [0.15, 0.2) is 94.3 Å². The van der Waals surface area contributed by atoms with Gasteiger partial charge in [-0.3, -0.25) is 13.9 Å². The number of nitrogens with one attached hydrogen (secondary N) is 1. The molecule has 0 aromatic heterocycles. The predicted molar refractivity (Wildman–Crippen MR) is 149 cm³/mol. The van der Waals surface area contributed by atoms with Crippen molar-refractivity contribution in [3.63, 3.8) is 0 Å². The smallest absolute Gasteiger partial charge is 0.264 e. The Hall–Kier alpha value is -3.17. The molecule has 3 aromatic rings. The molecule has 0 radical (unpaired) electrons. The first-order chi connectivity index (χ1) is 17.7. The second-order valence-electron chi connectivity index (χ2n) is 8.63. The van der Waals surface area contributed by atoms with E-state index < -0.39 is 28.5 Å². The summed E-state index contributed by atoms with van der Waals surface area (Å²) in [7, 11) is -4.06. The van der Waals surface area contributed by atoms with Crippen molar-refractivity contribution >= 4 is 43.5 Å². The van der Waals surface area contributed by atoms with Crippen LogP contribution < -0.4 is 9.62 Å². The zero-order chi connectivity index (χ0) is 26.8. The molecule has 0 saturated carbocycles. The number of hydrogen-bond acceptors (Lipinski definition) is 4. The lowest BCUT2D eigenvalue weighted by molar-refractivity contribution is -0.139. The molecular weight excluding hydrogens is 554 g/mol. The maximum Gasteiger partial charge on any atom is 0.264 e. The van der Waals surface area contributed by atoms with Crippen molar-refractivity contribution in [1.82, 2.24) is 10.2 Å². The van der Waals surface area contributed by atoms with E-state index in [1.54, 1.807) is 49.4 Å². The van der Waals surface area contributed by atoms with E-state index in [9.17, 15) is 18.0 Å². The molecule has 0 unspecified atom stereocenters. The number of carbonyl (C=O) groups is 2. The van der Waals surface area contributed by atoms with Gasteiger partial charge in [0, 0.05) is 17.6 Å². The van der Waals surface area contributed by atoms with Gasteiger partial charge in [-0.25, -0.2) is 8.42 Å². The third-order valence-electron chi connectivity index (χ3n) is 5.92. The van der Waals surface area contributed by atoms with Gasteiger partial charge < -0.3 is 10.2 Å². The molecule has 7 nitrogen and oxygen atoms in total. The Labute approximate surface area is 227 Å². The summed E-state index contributed by atoms with van der Waals surface area (Å²) >= 11 is 3.37. The second kappa shape index (κ2) is 13.4. The number of carbonyl (C=O) groups excluding carboxylic acids is 2. The number of hydrogen-bond donors (Lipinski definition) is 1. The van der Waals surface area contributed by atoms with Crippen molar-refractivity contribution in [3.8, 4) is 0 Å². The first-order valence-corrected chi connectivity index (χ1v) is 14.4. The lowest BCUT2D eigenvalue weighted by atomic mass is 10.1. The van der Waals surface area contributed by atoms with E-state index in [1.807, 2.05) is 37.3 Å². The number of anilines is 1. The van der Waals surface area contributed by atoms with Crippen molar-refractivity contribution in [2.75, 3.05) is 17.4 Å². The Bertz CT molecular complexity index is 1270. The number of amides is 2. The fourth-order valence-corrected chi connectivity index (χ4v) is 5.45. The van der Waals surface area contributed by atoms with Crippen LogP contribution >= 0.6 is 15.9 Å². The first kappa shape index (κ1) is 28.4. The highest BCUT2D eigenvalue weighted by Crippen LogP contribution is 2.26. The molecular formula is C28H32BrN3O4S. The average molecular weight is 587 g/mol. The van der Waals surface area contributed by atoms with E-state index in [0.29, 0.717) is 12.2 Å². The Morgan fingerprint density at radius 2 is 1.51 bits per heavy atom. The highest BCUT2D eigenvalue weighted by atomic mass is 79.9. The zero-order valence-electron chi connectivity index (χ0n) is 21.0. The molecule has 0 fully saturated rings. The van der Waals surface area contributed by atoms with Gasteiger partial charge in [0.15, 0.2) is 0 Å². The van der Waals surface area contributed by atoms with Crippen LogP contribution in [0.25, 0.3) is 0 Å². The molecule has 1 atom stereocenters. The SMILES string of the molecule is CCCCNC(=O)[C@H](C)N(Cc1ccccc1)C(=O)CN(c1ccc(Br)cc1)S(=O)(=O)c1ccccc1. The molecule has 0 aliphatic rings. The third-order valence-corrected chi connectivity index (χ3v) is 8.23. The number of rotatable bonds is 12. The second-order valence-corrected chi connectivity index (χ2v) is 11.4. The van der Waals surface area contributed by atoms with Crippen LogP contribution in [0.3, 0.4) is 0 Å². The van der Waals surface area contributed by atoms with Gasteiger partial charge >= 0.3 is 0 Å². The normalized spacial score (nSPS) is 12.0. The average Bonchev–Trinajstić information content (AvgIpc) is 2.91. The number of sulfonamides is 1. The lowest BCUT2D eigenvalue weighted by Gasteiger charge is -2.32. The fourth-order valence-electron chi connectivity index (χ4n) is 3.75. The summed E-state index contributed by atoms with van der Waals surface area (Å²) < 4.78 is 29.2. The number of nitrogens with zero attached hydrogens (tertiary/aromatic N) is 2. The van der Waals surface area contributed by atoms with Gasteiger partial charge in [0.1, 0.15) is 12.6 Å². The monoisotopic (exact) mass is 585 g/mol. The molecule has 0 spiro atoms. The Morgan fingerprint density at radius 1 is 0.919 bits per heavy atom. The summed E-state index contributed by atoms with van der Waals surface area (Å²) in [5.41, 5.74) is 1.19. The van der Waals surface area contributed by atoms with Crippen LogP contribution in [-0.2, 0) is 26.2 Å². The first-order valence-electron chi connectivity index (χ1n) is 12.2. The Balaban J connectivity index is 1.96. The lowest BCUT2D eigenvalue weighted by Crippen LogP contribution is -2.51. The molecule has 3 rings (SSSR count). The maximum atomic E-state index is 13.8. The van der Waals surface area contributed by atoms with E-state index in [2.05, 4.69) is 21.2 Å².